The first kappa shape index (κ1) is 33.5. The van der Waals surface area contributed by atoms with Gasteiger partial charge < -0.3 is 35.2 Å². The van der Waals surface area contributed by atoms with Gasteiger partial charge in [0.2, 0.25) is 17.7 Å². The van der Waals surface area contributed by atoms with E-state index in [-0.39, 0.29) is 13.0 Å². The Hall–Kier alpha value is -3.67. The molecule has 4 amide bonds. The SMILES string of the molecule is COC(=O)[C@H](Cc1ccccc1)NC(=O)C(C)(C)NC(=O)[C@H]1CCCN1C(=O)C(CN(C)C)NC(=O)OC(C)(C)C. The molecule has 0 aromatic heterocycles. The van der Waals surface area contributed by atoms with Gasteiger partial charge in [-0.2, -0.15) is 0 Å². The van der Waals surface area contributed by atoms with Crippen molar-refractivity contribution < 1.29 is 33.4 Å². The minimum Gasteiger partial charge on any atom is -0.467 e. The Morgan fingerprint density at radius 3 is 2.20 bits per heavy atom. The number of alkyl carbamates (subject to hydrolysis) is 1. The van der Waals surface area contributed by atoms with Crippen LogP contribution < -0.4 is 16.0 Å². The molecule has 1 saturated heterocycles. The van der Waals surface area contributed by atoms with Crippen molar-refractivity contribution in [3.63, 3.8) is 0 Å². The molecule has 2 rings (SSSR count). The summed E-state index contributed by atoms with van der Waals surface area (Å²) in [5, 5.41) is 8.06. The predicted octanol–water partition coefficient (Wildman–Crippen LogP) is 1.23. The Labute approximate surface area is 242 Å². The first-order valence-corrected chi connectivity index (χ1v) is 13.7. The maximum atomic E-state index is 13.5. The van der Waals surface area contributed by atoms with Gasteiger partial charge >= 0.3 is 12.1 Å². The number of hydrogen-bond acceptors (Lipinski definition) is 8. The van der Waals surface area contributed by atoms with E-state index in [0.717, 1.165) is 5.56 Å². The molecule has 1 heterocycles. The summed E-state index contributed by atoms with van der Waals surface area (Å²) < 4.78 is 10.2. The van der Waals surface area contributed by atoms with Gasteiger partial charge in [-0.05, 0) is 67.1 Å². The van der Waals surface area contributed by atoms with Crippen LogP contribution in [0.4, 0.5) is 4.79 Å². The summed E-state index contributed by atoms with van der Waals surface area (Å²) in [7, 11) is 4.78. The van der Waals surface area contributed by atoms with Crippen molar-refractivity contribution >= 4 is 29.8 Å². The third-order valence-electron chi connectivity index (χ3n) is 6.45. The highest BCUT2D eigenvalue weighted by atomic mass is 16.6. The molecular weight excluding hydrogens is 530 g/mol. The molecule has 3 N–H and O–H groups in total. The van der Waals surface area contributed by atoms with E-state index in [4.69, 9.17) is 9.47 Å². The van der Waals surface area contributed by atoms with Crippen molar-refractivity contribution in [1.29, 1.82) is 0 Å². The molecule has 1 aromatic rings. The number of carbonyl (C=O) groups excluding carboxylic acids is 5. The number of methoxy groups -OCH3 is 1. The van der Waals surface area contributed by atoms with Crippen molar-refractivity contribution in [2.45, 2.75) is 83.1 Å². The first-order chi connectivity index (χ1) is 19.0. The van der Waals surface area contributed by atoms with Gasteiger partial charge in [0.25, 0.3) is 0 Å². The van der Waals surface area contributed by atoms with Gasteiger partial charge in [0.05, 0.1) is 7.11 Å². The van der Waals surface area contributed by atoms with E-state index in [0.29, 0.717) is 19.4 Å². The summed E-state index contributed by atoms with van der Waals surface area (Å²) in [5.41, 5.74) is -1.32. The van der Waals surface area contributed by atoms with Crippen molar-refractivity contribution in [3.8, 4) is 0 Å². The van der Waals surface area contributed by atoms with Gasteiger partial charge in [0, 0.05) is 19.5 Å². The van der Waals surface area contributed by atoms with Crippen LogP contribution in [0.1, 0.15) is 53.0 Å². The number of rotatable bonds is 11. The van der Waals surface area contributed by atoms with Crippen LogP contribution in [0, 0.1) is 0 Å². The highest BCUT2D eigenvalue weighted by Gasteiger charge is 2.41. The molecule has 228 valence electrons. The summed E-state index contributed by atoms with van der Waals surface area (Å²) >= 11 is 0. The Bertz CT molecular complexity index is 1080. The highest BCUT2D eigenvalue weighted by molar-refractivity contribution is 5.96. The molecule has 3 atom stereocenters. The van der Waals surface area contributed by atoms with Crippen molar-refractivity contribution in [1.82, 2.24) is 25.8 Å². The van der Waals surface area contributed by atoms with Crippen LogP contribution in [0.5, 0.6) is 0 Å². The number of ether oxygens (including phenoxy) is 2. The Morgan fingerprint density at radius 2 is 1.63 bits per heavy atom. The number of likely N-dealkylation sites (tertiary alicyclic amines) is 1. The summed E-state index contributed by atoms with van der Waals surface area (Å²) in [6.07, 6.45) is 0.465. The second kappa shape index (κ2) is 14.3. The van der Waals surface area contributed by atoms with Gasteiger partial charge in [-0.15, -0.1) is 0 Å². The van der Waals surface area contributed by atoms with E-state index in [9.17, 15) is 24.0 Å². The topological polar surface area (TPSA) is 146 Å². The summed E-state index contributed by atoms with van der Waals surface area (Å²) in [6.45, 7) is 8.75. The quantitative estimate of drug-likeness (QED) is 0.334. The number of hydrogen-bond donors (Lipinski definition) is 3. The lowest BCUT2D eigenvalue weighted by molar-refractivity contribution is -0.146. The second-order valence-corrected chi connectivity index (χ2v) is 12.0. The van der Waals surface area contributed by atoms with Crippen LogP contribution >= 0.6 is 0 Å². The van der Waals surface area contributed by atoms with Crippen molar-refractivity contribution in [2.24, 2.45) is 0 Å². The standard InChI is InChI=1S/C29H45N5O7/c1-28(2,3)41-27(39)31-21(18-33(6)7)24(36)34-16-12-15-22(34)23(35)32-29(4,5)26(38)30-20(25(37)40-8)17-19-13-10-9-11-14-19/h9-11,13-14,20-22H,12,15-18H2,1-8H3,(H,30,38)(H,31,39)(H,32,35)/t20-,21?,22+/m0/s1. The van der Waals surface area contributed by atoms with Crippen LogP contribution in [-0.4, -0.2) is 103 Å². The van der Waals surface area contributed by atoms with E-state index in [2.05, 4.69) is 16.0 Å². The maximum Gasteiger partial charge on any atom is 0.408 e. The molecule has 1 aliphatic rings. The maximum absolute atomic E-state index is 13.5. The zero-order valence-corrected chi connectivity index (χ0v) is 25.4. The summed E-state index contributed by atoms with van der Waals surface area (Å²) in [6, 6.07) is 6.45. The number of esters is 1. The molecule has 1 unspecified atom stereocenters. The second-order valence-electron chi connectivity index (χ2n) is 12.0. The number of nitrogens with one attached hydrogen (secondary N) is 3. The molecule has 0 aliphatic carbocycles. The lowest BCUT2D eigenvalue weighted by Crippen LogP contribution is -2.62. The number of likely N-dealkylation sites (N-methyl/N-ethyl adjacent to an activating group) is 1. The minimum absolute atomic E-state index is 0.202. The zero-order valence-electron chi connectivity index (χ0n) is 25.4. The van der Waals surface area contributed by atoms with Gasteiger partial charge in [-0.25, -0.2) is 9.59 Å². The lowest BCUT2D eigenvalue weighted by Gasteiger charge is -2.33. The summed E-state index contributed by atoms with van der Waals surface area (Å²) in [4.78, 5) is 68.2. The molecule has 0 spiro atoms. The Kier molecular flexibility index (Phi) is 11.7. The van der Waals surface area contributed by atoms with Crippen LogP contribution in [0.25, 0.3) is 0 Å². The number of carbonyl (C=O) groups is 5. The molecule has 0 bridgehead atoms. The third kappa shape index (κ3) is 10.3. The molecule has 12 heteroatoms. The predicted molar refractivity (Wildman–Crippen MR) is 153 cm³/mol. The molecule has 1 aromatic carbocycles. The highest BCUT2D eigenvalue weighted by Crippen LogP contribution is 2.20. The first-order valence-electron chi connectivity index (χ1n) is 13.7. The van der Waals surface area contributed by atoms with Gasteiger partial charge in [-0.1, -0.05) is 30.3 Å². The number of nitrogens with zero attached hydrogens (tertiary/aromatic N) is 2. The summed E-state index contributed by atoms with van der Waals surface area (Å²) in [5.74, 6) is -2.11. The lowest BCUT2D eigenvalue weighted by atomic mass is 10.0. The average molecular weight is 576 g/mol. The van der Waals surface area contributed by atoms with Crippen LogP contribution in [0.3, 0.4) is 0 Å². The van der Waals surface area contributed by atoms with E-state index in [1.807, 2.05) is 30.3 Å². The molecule has 0 saturated carbocycles. The Morgan fingerprint density at radius 1 is 1.00 bits per heavy atom. The fourth-order valence-corrected chi connectivity index (χ4v) is 4.48. The van der Waals surface area contributed by atoms with E-state index < -0.39 is 59.0 Å². The Balaban J connectivity index is 2.12. The van der Waals surface area contributed by atoms with E-state index >= 15 is 0 Å². The average Bonchev–Trinajstić information content (AvgIpc) is 3.36. The number of benzene rings is 1. The smallest absolute Gasteiger partial charge is 0.408 e. The zero-order chi connectivity index (χ0) is 31.0. The third-order valence-corrected chi connectivity index (χ3v) is 6.45. The van der Waals surface area contributed by atoms with Crippen LogP contribution in [0.2, 0.25) is 0 Å². The van der Waals surface area contributed by atoms with Crippen LogP contribution in [0.15, 0.2) is 30.3 Å². The van der Waals surface area contributed by atoms with Gasteiger partial charge in [0.1, 0.15) is 29.3 Å². The molecule has 41 heavy (non-hydrogen) atoms. The fraction of sp³-hybridized carbons (Fsp3) is 0.621. The number of amides is 4. The van der Waals surface area contributed by atoms with E-state index in [1.54, 1.807) is 39.8 Å². The fourth-order valence-electron chi connectivity index (χ4n) is 4.48. The van der Waals surface area contributed by atoms with Gasteiger partial charge in [-0.3, -0.25) is 14.4 Å². The normalized spacial score (nSPS) is 16.9. The van der Waals surface area contributed by atoms with Crippen molar-refractivity contribution in [2.75, 3.05) is 34.3 Å². The largest absolute Gasteiger partial charge is 0.467 e. The van der Waals surface area contributed by atoms with Gasteiger partial charge in [0.15, 0.2) is 0 Å². The molecule has 0 radical (unpaired) electrons. The van der Waals surface area contributed by atoms with E-state index in [1.165, 1.54) is 25.9 Å². The molecule has 12 nitrogen and oxygen atoms in total. The molecular formula is C29H45N5O7. The molecule has 1 aliphatic heterocycles. The van der Waals surface area contributed by atoms with Crippen LogP contribution in [-0.2, 0) is 35.1 Å². The minimum atomic E-state index is -1.41. The monoisotopic (exact) mass is 575 g/mol. The van der Waals surface area contributed by atoms with Crippen molar-refractivity contribution in [3.05, 3.63) is 35.9 Å². The molecule has 1 fully saturated rings.